The zero-order valence-electron chi connectivity index (χ0n) is 11.2. The molecule has 5 nitrogen and oxygen atoms in total. The number of halogens is 1. The first-order valence-corrected chi connectivity index (χ1v) is 7.11. The highest BCUT2D eigenvalue weighted by molar-refractivity contribution is 9.10. The Hall–Kier alpha value is -1.95. The Morgan fingerprint density at radius 2 is 2.05 bits per heavy atom. The Morgan fingerprint density at radius 1 is 1.25 bits per heavy atom. The van der Waals surface area contributed by atoms with Crippen LogP contribution in [0.3, 0.4) is 0 Å². The first kappa shape index (κ1) is 13.1. The largest absolute Gasteiger partial charge is 0.362 e. The molecule has 0 aliphatic heterocycles. The van der Waals surface area contributed by atoms with Crippen LogP contribution in [0.1, 0.15) is 18.5 Å². The molecule has 1 aromatic carbocycles. The van der Waals surface area contributed by atoms with Gasteiger partial charge in [-0.3, -0.25) is 0 Å². The lowest BCUT2D eigenvalue weighted by Gasteiger charge is -2.16. The molecule has 1 atom stereocenters. The average Bonchev–Trinajstić information content (AvgIpc) is 2.82. The summed E-state index contributed by atoms with van der Waals surface area (Å²) in [5.41, 5.74) is 2.92. The van der Waals surface area contributed by atoms with Gasteiger partial charge in [-0.25, -0.2) is 9.67 Å². The minimum atomic E-state index is 0.116. The van der Waals surface area contributed by atoms with Crippen molar-refractivity contribution in [2.24, 2.45) is 7.05 Å². The minimum Gasteiger partial charge on any atom is -0.362 e. The number of benzene rings is 1. The zero-order chi connectivity index (χ0) is 14.1. The van der Waals surface area contributed by atoms with E-state index >= 15 is 0 Å². The lowest BCUT2D eigenvalue weighted by molar-refractivity contribution is 0.736. The molecule has 20 heavy (non-hydrogen) atoms. The molecule has 0 saturated carbocycles. The first-order chi connectivity index (χ1) is 9.66. The van der Waals surface area contributed by atoms with E-state index in [1.165, 1.54) is 5.56 Å². The lowest BCUT2D eigenvalue weighted by atomic mass is 10.1. The second-order valence-electron chi connectivity index (χ2n) is 4.63. The molecule has 2 aromatic heterocycles. The smallest absolute Gasteiger partial charge is 0.156 e. The first-order valence-electron chi connectivity index (χ1n) is 6.32. The van der Waals surface area contributed by atoms with Gasteiger partial charge in [-0.1, -0.05) is 39.3 Å². The molecule has 3 rings (SSSR count). The van der Waals surface area contributed by atoms with Gasteiger partial charge < -0.3 is 5.32 Å². The third-order valence-corrected chi connectivity index (χ3v) is 3.98. The van der Waals surface area contributed by atoms with E-state index in [0.29, 0.717) is 0 Å². The number of hydrogen-bond acceptors (Lipinski definition) is 4. The highest BCUT2D eigenvalue weighted by Gasteiger charge is 2.13. The Balaban J connectivity index is 1.95. The fraction of sp³-hybridized carbons (Fsp3) is 0.214. The second kappa shape index (κ2) is 5.20. The van der Waals surface area contributed by atoms with Crippen molar-refractivity contribution in [3.8, 4) is 0 Å². The Labute approximate surface area is 125 Å². The maximum atomic E-state index is 4.37. The van der Waals surface area contributed by atoms with Crippen LogP contribution < -0.4 is 5.32 Å². The molecule has 0 bridgehead atoms. The van der Waals surface area contributed by atoms with E-state index < -0.39 is 0 Å². The number of aromatic nitrogens is 4. The van der Waals surface area contributed by atoms with Crippen LogP contribution in [0.5, 0.6) is 0 Å². The van der Waals surface area contributed by atoms with Crippen LogP contribution in [0.25, 0.3) is 11.0 Å². The predicted octanol–water partition coefficient (Wildman–Crippen LogP) is 3.30. The van der Waals surface area contributed by atoms with E-state index in [9.17, 15) is 0 Å². The van der Waals surface area contributed by atoms with Crippen LogP contribution in [-0.2, 0) is 7.05 Å². The SMILES string of the molecule is C[C@@H](Nc1nccc2c1nnn2C)c1ccccc1Br. The summed E-state index contributed by atoms with van der Waals surface area (Å²) in [7, 11) is 1.87. The van der Waals surface area contributed by atoms with E-state index in [2.05, 4.69) is 49.5 Å². The quantitative estimate of drug-likeness (QED) is 0.800. The molecule has 6 heteroatoms. The summed E-state index contributed by atoms with van der Waals surface area (Å²) in [6, 6.07) is 10.2. The maximum absolute atomic E-state index is 4.37. The van der Waals surface area contributed by atoms with E-state index in [1.54, 1.807) is 10.9 Å². The van der Waals surface area contributed by atoms with Gasteiger partial charge in [0, 0.05) is 17.7 Å². The molecule has 102 valence electrons. The number of hydrogen-bond donors (Lipinski definition) is 1. The normalized spacial score (nSPS) is 12.6. The average molecular weight is 332 g/mol. The Morgan fingerprint density at radius 3 is 2.85 bits per heavy atom. The molecule has 1 N–H and O–H groups in total. The van der Waals surface area contributed by atoms with Gasteiger partial charge >= 0.3 is 0 Å². The van der Waals surface area contributed by atoms with Crippen molar-refractivity contribution in [3.63, 3.8) is 0 Å². The van der Waals surface area contributed by atoms with Gasteiger partial charge in [-0.2, -0.15) is 0 Å². The molecule has 0 radical (unpaired) electrons. The molecule has 0 aliphatic carbocycles. The van der Waals surface area contributed by atoms with E-state index in [4.69, 9.17) is 0 Å². The number of nitrogens with zero attached hydrogens (tertiary/aromatic N) is 4. The van der Waals surface area contributed by atoms with E-state index in [-0.39, 0.29) is 6.04 Å². The molecule has 0 saturated heterocycles. The summed E-state index contributed by atoms with van der Waals surface area (Å²) >= 11 is 3.57. The molecule has 0 aliphatic rings. The third-order valence-electron chi connectivity index (χ3n) is 3.26. The van der Waals surface area contributed by atoms with Gasteiger partial charge in [0.2, 0.25) is 0 Å². The van der Waals surface area contributed by atoms with Gasteiger partial charge in [-0.05, 0) is 24.6 Å². The lowest BCUT2D eigenvalue weighted by Crippen LogP contribution is -2.09. The monoisotopic (exact) mass is 331 g/mol. The summed E-state index contributed by atoms with van der Waals surface area (Å²) in [6.07, 6.45) is 1.76. The number of nitrogens with one attached hydrogen (secondary N) is 1. The summed E-state index contributed by atoms with van der Waals surface area (Å²) in [4.78, 5) is 4.37. The van der Waals surface area contributed by atoms with Crippen LogP contribution in [0.15, 0.2) is 41.0 Å². The van der Waals surface area contributed by atoms with Crippen molar-refractivity contribution in [1.29, 1.82) is 0 Å². The van der Waals surface area contributed by atoms with Crippen LogP contribution >= 0.6 is 15.9 Å². The standard InChI is InChI=1S/C14H14BrN5/c1-9(10-5-3-4-6-11(10)15)17-14-13-12(7-8-16-14)20(2)19-18-13/h3-9H,1-2H3,(H,16,17)/t9-/m1/s1. The van der Waals surface area contributed by atoms with Crippen LogP contribution in [-0.4, -0.2) is 20.0 Å². The van der Waals surface area contributed by atoms with Gasteiger partial charge in [0.25, 0.3) is 0 Å². The maximum Gasteiger partial charge on any atom is 0.156 e. The molecule has 0 unspecified atom stereocenters. The number of fused-ring (bicyclic) bond motifs is 1. The summed E-state index contributed by atoms with van der Waals surface area (Å²) in [6.45, 7) is 2.09. The van der Waals surface area contributed by atoms with Gasteiger partial charge in [0.1, 0.15) is 0 Å². The van der Waals surface area contributed by atoms with Crippen molar-refractivity contribution < 1.29 is 0 Å². The molecular weight excluding hydrogens is 318 g/mol. The van der Waals surface area contributed by atoms with Crippen LogP contribution in [0, 0.1) is 0 Å². The van der Waals surface area contributed by atoms with Crippen molar-refractivity contribution in [1.82, 2.24) is 20.0 Å². The van der Waals surface area contributed by atoms with Crippen molar-refractivity contribution >= 4 is 32.8 Å². The summed E-state index contributed by atoms with van der Waals surface area (Å²) in [5, 5.41) is 11.6. The second-order valence-corrected chi connectivity index (χ2v) is 5.48. The molecule has 0 fully saturated rings. The van der Waals surface area contributed by atoms with Gasteiger partial charge in [0.05, 0.1) is 11.6 Å². The van der Waals surface area contributed by atoms with Crippen LogP contribution in [0.4, 0.5) is 5.82 Å². The topological polar surface area (TPSA) is 55.6 Å². The van der Waals surface area contributed by atoms with Crippen molar-refractivity contribution in [3.05, 3.63) is 46.6 Å². The Kier molecular flexibility index (Phi) is 3.40. The number of anilines is 1. The fourth-order valence-corrected chi connectivity index (χ4v) is 2.81. The van der Waals surface area contributed by atoms with Crippen LogP contribution in [0.2, 0.25) is 0 Å². The molecule has 0 spiro atoms. The fourth-order valence-electron chi connectivity index (χ4n) is 2.18. The molecule has 0 amide bonds. The molecule has 3 aromatic rings. The van der Waals surface area contributed by atoms with E-state index in [0.717, 1.165) is 21.3 Å². The number of aryl methyl sites for hydroxylation is 1. The highest BCUT2D eigenvalue weighted by Crippen LogP contribution is 2.27. The van der Waals surface area contributed by atoms with Gasteiger partial charge in [0.15, 0.2) is 11.3 Å². The number of rotatable bonds is 3. The molecular formula is C14H14BrN5. The minimum absolute atomic E-state index is 0.116. The summed E-state index contributed by atoms with van der Waals surface area (Å²) in [5.74, 6) is 0.749. The Bertz CT molecular complexity index is 752. The zero-order valence-corrected chi connectivity index (χ0v) is 12.8. The summed E-state index contributed by atoms with van der Waals surface area (Å²) < 4.78 is 2.82. The van der Waals surface area contributed by atoms with Gasteiger partial charge in [-0.15, -0.1) is 5.10 Å². The number of pyridine rings is 1. The highest BCUT2D eigenvalue weighted by atomic mass is 79.9. The van der Waals surface area contributed by atoms with E-state index in [1.807, 2.05) is 31.3 Å². The van der Waals surface area contributed by atoms with Crippen molar-refractivity contribution in [2.75, 3.05) is 5.32 Å². The predicted molar refractivity (Wildman–Crippen MR) is 82.5 cm³/mol. The third kappa shape index (κ3) is 2.27. The van der Waals surface area contributed by atoms with Crippen molar-refractivity contribution in [2.45, 2.75) is 13.0 Å². The molecule has 2 heterocycles.